The molecule has 22 heavy (non-hydrogen) atoms. The summed E-state index contributed by atoms with van der Waals surface area (Å²) in [7, 11) is 0. The summed E-state index contributed by atoms with van der Waals surface area (Å²) >= 11 is 12.0. The first kappa shape index (κ1) is 19.0. The van der Waals surface area contributed by atoms with E-state index in [1.807, 2.05) is 0 Å². The van der Waals surface area contributed by atoms with Gasteiger partial charge in [0.05, 0.1) is 10.6 Å². The number of nitrogens with one attached hydrogen (secondary N) is 1. The molecule has 1 aliphatic heterocycles. The molecule has 1 aliphatic rings. The van der Waals surface area contributed by atoms with E-state index in [4.69, 9.17) is 28.9 Å². The van der Waals surface area contributed by atoms with Gasteiger partial charge in [-0.05, 0) is 31.0 Å². The molecule has 122 valence electrons. The fourth-order valence-corrected chi connectivity index (χ4v) is 2.78. The Morgan fingerprint density at radius 2 is 2.09 bits per heavy atom. The Balaban J connectivity index is 0.00000242. The minimum Gasteiger partial charge on any atom is -0.353 e. The molecule has 0 bridgehead atoms. The molecule has 1 aromatic rings. The number of nitrogens with zero attached hydrogens (tertiary/aromatic N) is 1. The SMILES string of the molecule is Cl.NCCNC(=O)C1CCCN1C(=O)c1cc(Cl)ccc1Cl. The summed E-state index contributed by atoms with van der Waals surface area (Å²) in [5.41, 5.74) is 5.69. The van der Waals surface area contributed by atoms with Crippen molar-refractivity contribution in [3.63, 3.8) is 0 Å². The molecule has 0 aromatic heterocycles. The quantitative estimate of drug-likeness (QED) is 0.857. The van der Waals surface area contributed by atoms with Crippen LogP contribution < -0.4 is 11.1 Å². The molecule has 2 rings (SSSR count). The summed E-state index contributed by atoms with van der Waals surface area (Å²) in [6.45, 7) is 1.30. The van der Waals surface area contributed by atoms with Crippen molar-refractivity contribution in [2.45, 2.75) is 18.9 Å². The van der Waals surface area contributed by atoms with Crippen molar-refractivity contribution in [2.75, 3.05) is 19.6 Å². The van der Waals surface area contributed by atoms with E-state index in [1.54, 1.807) is 17.0 Å². The molecule has 5 nitrogen and oxygen atoms in total. The Hall–Kier alpha value is -1.01. The number of rotatable bonds is 4. The molecular weight excluding hydrogens is 349 g/mol. The van der Waals surface area contributed by atoms with Crippen molar-refractivity contribution in [1.82, 2.24) is 10.2 Å². The lowest BCUT2D eigenvalue weighted by molar-refractivity contribution is -0.124. The van der Waals surface area contributed by atoms with E-state index in [2.05, 4.69) is 5.32 Å². The van der Waals surface area contributed by atoms with E-state index in [1.165, 1.54) is 6.07 Å². The van der Waals surface area contributed by atoms with Crippen molar-refractivity contribution in [3.05, 3.63) is 33.8 Å². The van der Waals surface area contributed by atoms with E-state index >= 15 is 0 Å². The van der Waals surface area contributed by atoms with Gasteiger partial charge in [-0.25, -0.2) is 0 Å². The first-order valence-electron chi connectivity index (χ1n) is 6.78. The minimum absolute atomic E-state index is 0. The number of carbonyl (C=O) groups is 2. The van der Waals surface area contributed by atoms with Crippen molar-refractivity contribution in [2.24, 2.45) is 5.73 Å². The summed E-state index contributed by atoms with van der Waals surface area (Å²) in [5.74, 6) is -0.447. The Bertz CT molecular complexity index is 554. The molecule has 1 fully saturated rings. The van der Waals surface area contributed by atoms with Gasteiger partial charge in [-0.3, -0.25) is 9.59 Å². The van der Waals surface area contributed by atoms with Gasteiger partial charge in [-0.2, -0.15) is 0 Å². The lowest BCUT2D eigenvalue weighted by Crippen LogP contribution is -2.47. The number of amides is 2. The Morgan fingerprint density at radius 1 is 1.36 bits per heavy atom. The van der Waals surface area contributed by atoms with E-state index in [0.717, 1.165) is 6.42 Å². The maximum atomic E-state index is 12.6. The Labute approximate surface area is 145 Å². The molecule has 1 aromatic carbocycles. The van der Waals surface area contributed by atoms with Crippen LogP contribution in [-0.4, -0.2) is 42.4 Å². The molecule has 2 amide bonds. The van der Waals surface area contributed by atoms with Crippen LogP contribution in [0.3, 0.4) is 0 Å². The van der Waals surface area contributed by atoms with Crippen LogP contribution in [0.15, 0.2) is 18.2 Å². The van der Waals surface area contributed by atoms with Crippen LogP contribution in [0.5, 0.6) is 0 Å². The van der Waals surface area contributed by atoms with Gasteiger partial charge in [0.1, 0.15) is 6.04 Å². The predicted octanol–water partition coefficient (Wildman–Crippen LogP) is 2.09. The molecule has 3 N–H and O–H groups in total. The monoisotopic (exact) mass is 365 g/mol. The van der Waals surface area contributed by atoms with Crippen LogP contribution in [0.1, 0.15) is 23.2 Å². The highest BCUT2D eigenvalue weighted by Crippen LogP contribution is 2.26. The third kappa shape index (κ3) is 4.26. The number of likely N-dealkylation sites (tertiary alicyclic amines) is 1. The molecule has 1 atom stereocenters. The zero-order valence-corrected chi connectivity index (χ0v) is 14.2. The average Bonchev–Trinajstić information content (AvgIpc) is 2.96. The Morgan fingerprint density at radius 3 is 2.77 bits per heavy atom. The molecule has 1 unspecified atom stereocenters. The second kappa shape index (κ2) is 8.58. The summed E-state index contributed by atoms with van der Waals surface area (Å²) in [4.78, 5) is 26.2. The van der Waals surface area contributed by atoms with Gasteiger partial charge in [0.15, 0.2) is 0 Å². The van der Waals surface area contributed by atoms with Crippen LogP contribution in [0.25, 0.3) is 0 Å². The maximum absolute atomic E-state index is 12.6. The highest BCUT2D eigenvalue weighted by molar-refractivity contribution is 6.35. The van der Waals surface area contributed by atoms with E-state index in [-0.39, 0.29) is 24.2 Å². The fraction of sp³-hybridized carbons (Fsp3) is 0.429. The molecular formula is C14H18Cl3N3O2. The second-order valence-electron chi connectivity index (χ2n) is 4.86. The predicted molar refractivity (Wildman–Crippen MR) is 89.8 cm³/mol. The number of carbonyl (C=O) groups excluding carboxylic acids is 2. The number of hydrogen-bond donors (Lipinski definition) is 2. The average molecular weight is 367 g/mol. The normalized spacial score (nSPS) is 17.0. The molecule has 1 heterocycles. The molecule has 0 radical (unpaired) electrons. The topological polar surface area (TPSA) is 75.4 Å². The number of nitrogens with two attached hydrogens (primary N) is 1. The summed E-state index contributed by atoms with van der Waals surface area (Å²) in [6.07, 6.45) is 1.42. The number of hydrogen-bond acceptors (Lipinski definition) is 3. The first-order chi connectivity index (χ1) is 10.0. The first-order valence-corrected chi connectivity index (χ1v) is 7.54. The van der Waals surface area contributed by atoms with Gasteiger partial charge in [-0.1, -0.05) is 23.2 Å². The highest BCUT2D eigenvalue weighted by atomic mass is 35.5. The number of halogens is 3. The minimum atomic E-state index is -0.473. The van der Waals surface area contributed by atoms with Gasteiger partial charge in [0.25, 0.3) is 5.91 Å². The second-order valence-corrected chi connectivity index (χ2v) is 5.70. The van der Waals surface area contributed by atoms with Gasteiger partial charge >= 0.3 is 0 Å². The highest BCUT2D eigenvalue weighted by Gasteiger charge is 2.34. The maximum Gasteiger partial charge on any atom is 0.256 e. The smallest absolute Gasteiger partial charge is 0.256 e. The van der Waals surface area contributed by atoms with Crippen molar-refractivity contribution in [1.29, 1.82) is 0 Å². The summed E-state index contributed by atoms with van der Waals surface area (Å²) < 4.78 is 0. The fourth-order valence-electron chi connectivity index (χ4n) is 2.41. The van der Waals surface area contributed by atoms with Crippen LogP contribution >= 0.6 is 35.6 Å². The van der Waals surface area contributed by atoms with Crippen molar-refractivity contribution in [3.8, 4) is 0 Å². The van der Waals surface area contributed by atoms with E-state index in [9.17, 15) is 9.59 Å². The van der Waals surface area contributed by atoms with Gasteiger partial charge in [0, 0.05) is 24.7 Å². The zero-order chi connectivity index (χ0) is 15.4. The number of benzene rings is 1. The van der Waals surface area contributed by atoms with Gasteiger partial charge < -0.3 is 16.0 Å². The lowest BCUT2D eigenvalue weighted by Gasteiger charge is -2.24. The van der Waals surface area contributed by atoms with Crippen LogP contribution in [-0.2, 0) is 4.79 Å². The molecule has 1 saturated heterocycles. The zero-order valence-electron chi connectivity index (χ0n) is 11.9. The lowest BCUT2D eigenvalue weighted by atomic mass is 10.1. The molecule has 0 spiro atoms. The largest absolute Gasteiger partial charge is 0.353 e. The van der Waals surface area contributed by atoms with Gasteiger partial charge in [0.2, 0.25) is 5.91 Å². The summed E-state index contributed by atoms with van der Waals surface area (Å²) in [6, 6.07) is 4.26. The van der Waals surface area contributed by atoms with Gasteiger partial charge in [-0.15, -0.1) is 12.4 Å². The van der Waals surface area contributed by atoms with Crippen LogP contribution in [0.2, 0.25) is 10.0 Å². The van der Waals surface area contributed by atoms with Crippen LogP contribution in [0, 0.1) is 0 Å². The van der Waals surface area contributed by atoms with E-state index < -0.39 is 6.04 Å². The summed E-state index contributed by atoms with van der Waals surface area (Å²) in [5, 5.41) is 3.49. The van der Waals surface area contributed by atoms with E-state index in [0.29, 0.717) is 41.7 Å². The molecule has 0 saturated carbocycles. The van der Waals surface area contributed by atoms with Crippen molar-refractivity contribution < 1.29 is 9.59 Å². The van der Waals surface area contributed by atoms with Crippen molar-refractivity contribution >= 4 is 47.4 Å². The van der Waals surface area contributed by atoms with Crippen LogP contribution in [0.4, 0.5) is 0 Å². The standard InChI is InChI=1S/C14H17Cl2N3O2.ClH/c15-9-3-4-11(16)10(8-9)14(21)19-7-1-2-12(19)13(20)18-6-5-17;/h3-4,8,12H,1-2,5-7,17H2,(H,18,20);1H. The Kier molecular flexibility index (Phi) is 7.42. The third-order valence-electron chi connectivity index (χ3n) is 3.42. The molecule has 8 heteroatoms. The third-order valence-corrected chi connectivity index (χ3v) is 3.98. The molecule has 0 aliphatic carbocycles.